The van der Waals surface area contributed by atoms with Crippen LogP contribution in [0.25, 0.3) is 11.1 Å². The Labute approximate surface area is 380 Å². The SMILES string of the molecule is O=C1OC[C@@H]2CC(COC(=O)c3cc(O)c(O)c(O)c3-c3c(C(=O)O)cc(O)c(O)c3O)O[C@@H](OC(=O)c3cc(O)c(O)c(O)c3)[C@@H]2OC(=O)c2cc3c(c(O)c2O)O[C@]2(O)[C@H]3C1=CC(=O)C2(O)O. The second-order valence-electron chi connectivity index (χ2n) is 15.7. The summed E-state index contributed by atoms with van der Waals surface area (Å²) < 4.78 is 32.9. The molecule has 4 aliphatic rings. The molecule has 0 saturated carbocycles. The Morgan fingerprint density at radius 2 is 1.26 bits per heavy atom. The van der Waals surface area contributed by atoms with E-state index in [1.165, 1.54) is 0 Å². The summed E-state index contributed by atoms with van der Waals surface area (Å²) in [7, 11) is 0. The Hall–Kier alpha value is -8.92. The molecule has 1 unspecified atom stereocenters. The van der Waals surface area contributed by atoms with Gasteiger partial charge in [0.1, 0.15) is 12.2 Å². The van der Waals surface area contributed by atoms with E-state index < -0.39 is 211 Å². The number of aliphatic hydroxyl groups is 3. The number of hydrogen-bond donors (Lipinski definition) is 15. The lowest BCUT2D eigenvalue weighted by Gasteiger charge is -2.41. The summed E-state index contributed by atoms with van der Waals surface area (Å²) in [5, 5.41) is 157. The van der Waals surface area contributed by atoms with Gasteiger partial charge in [0.05, 0.1) is 40.9 Å². The van der Waals surface area contributed by atoms with Gasteiger partial charge >= 0.3 is 29.8 Å². The zero-order valence-electron chi connectivity index (χ0n) is 34.1. The van der Waals surface area contributed by atoms with Gasteiger partial charge in [-0.3, -0.25) is 4.79 Å². The third-order valence-corrected chi connectivity index (χ3v) is 11.5. The van der Waals surface area contributed by atoms with Gasteiger partial charge in [-0.25, -0.2) is 24.0 Å². The Kier molecular flexibility index (Phi) is 10.9. The molecule has 4 aromatic carbocycles. The molecule has 27 heteroatoms. The van der Waals surface area contributed by atoms with Crippen LogP contribution >= 0.6 is 0 Å². The highest BCUT2D eigenvalue weighted by Crippen LogP contribution is 2.59. The minimum absolute atomic E-state index is 0.357. The number of ketones is 1. The fourth-order valence-electron chi connectivity index (χ4n) is 8.15. The minimum Gasteiger partial charge on any atom is -0.504 e. The van der Waals surface area contributed by atoms with Crippen molar-refractivity contribution in [3.63, 3.8) is 0 Å². The lowest BCUT2D eigenvalue weighted by Crippen LogP contribution is -2.66. The molecule has 0 amide bonds. The maximum atomic E-state index is 14.0. The zero-order valence-corrected chi connectivity index (χ0v) is 34.1. The van der Waals surface area contributed by atoms with E-state index in [0.29, 0.717) is 36.4 Å². The predicted octanol–water partition coefficient (Wildman–Crippen LogP) is -0.305. The third kappa shape index (κ3) is 7.24. The highest BCUT2D eigenvalue weighted by Gasteiger charge is 2.69. The molecule has 1 saturated heterocycles. The van der Waals surface area contributed by atoms with Crippen molar-refractivity contribution < 1.29 is 134 Å². The van der Waals surface area contributed by atoms with Crippen molar-refractivity contribution in [2.75, 3.05) is 13.2 Å². The molecule has 362 valence electrons. The van der Waals surface area contributed by atoms with E-state index in [9.17, 15) is 105 Å². The Morgan fingerprint density at radius 1 is 0.681 bits per heavy atom. The number of carbonyl (C=O) groups excluding carboxylic acids is 5. The smallest absolute Gasteiger partial charge is 0.342 e. The molecule has 69 heavy (non-hydrogen) atoms. The maximum Gasteiger partial charge on any atom is 0.342 e. The van der Waals surface area contributed by atoms with Crippen LogP contribution in [-0.4, -0.2) is 156 Å². The average Bonchev–Trinajstić information content (AvgIpc) is 3.61. The molecule has 1 fully saturated rings. The number of esters is 4. The van der Waals surface area contributed by atoms with E-state index in [0.717, 1.165) is 0 Å². The lowest BCUT2D eigenvalue weighted by molar-refractivity contribution is -0.323. The second kappa shape index (κ2) is 16.2. The highest BCUT2D eigenvalue weighted by atomic mass is 16.7. The molecule has 3 aliphatic heterocycles. The van der Waals surface area contributed by atoms with Crippen molar-refractivity contribution in [1.82, 2.24) is 0 Å². The molecule has 15 N–H and O–H groups in total. The summed E-state index contributed by atoms with van der Waals surface area (Å²) >= 11 is 0. The monoisotopic (exact) mass is 968 g/mol. The van der Waals surface area contributed by atoms with Crippen LogP contribution in [0.1, 0.15) is 59.3 Å². The fraction of sp³-hybridized carbons (Fsp3) is 0.238. The van der Waals surface area contributed by atoms with E-state index >= 15 is 0 Å². The number of phenolic OH excluding ortho intramolecular Hbond substituents is 11. The number of carbonyl (C=O) groups is 6. The average molecular weight is 969 g/mol. The molecule has 4 aromatic rings. The van der Waals surface area contributed by atoms with Gasteiger partial charge in [-0.1, -0.05) is 0 Å². The predicted molar refractivity (Wildman–Crippen MR) is 211 cm³/mol. The summed E-state index contributed by atoms with van der Waals surface area (Å²) in [6.07, 6.45) is -6.15. The molecule has 0 aromatic heterocycles. The molecule has 0 radical (unpaired) electrons. The molecule has 1 aliphatic carbocycles. The Balaban J connectivity index is 1.19. The lowest BCUT2D eigenvalue weighted by atomic mass is 9.75. The van der Waals surface area contributed by atoms with Gasteiger partial charge in [0.15, 0.2) is 57.8 Å². The summed E-state index contributed by atoms with van der Waals surface area (Å²) in [5.74, 6) is -35.7. The van der Waals surface area contributed by atoms with Crippen LogP contribution in [0.2, 0.25) is 0 Å². The largest absolute Gasteiger partial charge is 0.504 e. The number of benzene rings is 4. The Morgan fingerprint density at radius 3 is 1.87 bits per heavy atom. The zero-order chi connectivity index (χ0) is 50.5. The summed E-state index contributed by atoms with van der Waals surface area (Å²) in [6, 6.07) is 2.74. The van der Waals surface area contributed by atoms with Gasteiger partial charge in [0.25, 0.3) is 11.6 Å². The van der Waals surface area contributed by atoms with Crippen LogP contribution in [0.15, 0.2) is 42.0 Å². The number of rotatable bonds is 7. The van der Waals surface area contributed by atoms with Crippen LogP contribution in [0.4, 0.5) is 0 Å². The number of fused-ring (bicyclic) bond motifs is 2. The van der Waals surface area contributed by atoms with Crippen LogP contribution < -0.4 is 4.74 Å². The van der Waals surface area contributed by atoms with Gasteiger partial charge in [-0.15, -0.1) is 0 Å². The minimum atomic E-state index is -3.83. The van der Waals surface area contributed by atoms with Gasteiger partial charge in [-0.05, 0) is 42.8 Å². The summed E-state index contributed by atoms with van der Waals surface area (Å²) in [6.45, 7) is -2.01. The number of ether oxygens (including phenoxy) is 6. The van der Waals surface area contributed by atoms with Crippen molar-refractivity contribution in [3.8, 4) is 80.1 Å². The van der Waals surface area contributed by atoms with Crippen molar-refractivity contribution in [2.45, 2.75) is 42.4 Å². The molecule has 0 spiro atoms. The van der Waals surface area contributed by atoms with Crippen LogP contribution in [-0.2, 0) is 33.3 Å². The van der Waals surface area contributed by atoms with E-state index in [4.69, 9.17) is 28.4 Å². The van der Waals surface area contributed by atoms with Gasteiger partial charge < -0.3 is 105 Å². The van der Waals surface area contributed by atoms with Crippen molar-refractivity contribution >= 4 is 35.6 Å². The summed E-state index contributed by atoms with van der Waals surface area (Å²) in [4.78, 5) is 80.4. The number of carboxylic acid groups (broad SMARTS) is 1. The van der Waals surface area contributed by atoms with Crippen LogP contribution in [0.5, 0.6) is 69.0 Å². The standard InChI is InChI=1S/C42H32O27/c43-18-2-10(3-19(44)27(18)49)36(57)68-40-33-11(8-64-38(59)16-7-22(47)41(61,62)42(63)25(16)15-4-17(39(60)67-33)26(48)32(54)34(15)69-42)1-12(66-40)9-65-37(58)14-6-21(46)29(51)31(53)24(14)23-13(35(55)56)5-20(45)28(50)30(23)52/h2-7,11-12,25,33,40,43-46,48-54,61-63H,1,8-9H2,(H,55,56)/t11-,12?,25+,33+,40-,42+/m0/s1. The van der Waals surface area contributed by atoms with E-state index in [2.05, 4.69) is 0 Å². The number of phenols is 11. The highest BCUT2D eigenvalue weighted by molar-refractivity contribution is 6.09. The van der Waals surface area contributed by atoms with E-state index in [-0.39, 0.29) is 0 Å². The first kappa shape index (κ1) is 46.6. The molecule has 27 nitrogen and oxygen atoms in total. The van der Waals surface area contributed by atoms with E-state index in [1.807, 2.05) is 0 Å². The quantitative estimate of drug-likeness (QED) is 0.0489. The molecule has 3 heterocycles. The topological polar surface area (TPSA) is 461 Å². The third-order valence-electron chi connectivity index (χ3n) is 11.5. The van der Waals surface area contributed by atoms with E-state index in [1.54, 1.807) is 0 Å². The van der Waals surface area contributed by atoms with Crippen molar-refractivity contribution in [2.24, 2.45) is 5.92 Å². The number of carboxylic acids is 1. The van der Waals surface area contributed by atoms with Crippen LogP contribution in [0, 0.1) is 5.92 Å². The number of aromatic carboxylic acids is 1. The second-order valence-corrected chi connectivity index (χ2v) is 15.7. The van der Waals surface area contributed by atoms with Gasteiger partial charge in [0.2, 0.25) is 29.3 Å². The molecule has 8 rings (SSSR count). The number of hydrogen-bond acceptors (Lipinski definition) is 26. The molecular weight excluding hydrogens is 936 g/mol. The summed E-state index contributed by atoms with van der Waals surface area (Å²) in [5.41, 5.74) is -7.40. The first-order valence-corrected chi connectivity index (χ1v) is 19.5. The van der Waals surface area contributed by atoms with Gasteiger partial charge in [0, 0.05) is 22.6 Å². The normalized spacial score (nSPS) is 23.4. The first-order chi connectivity index (χ1) is 32.3. The first-order valence-electron chi connectivity index (χ1n) is 19.5. The van der Waals surface area contributed by atoms with Gasteiger partial charge in [-0.2, -0.15) is 0 Å². The van der Waals surface area contributed by atoms with Crippen molar-refractivity contribution in [1.29, 1.82) is 0 Å². The number of cyclic esters (lactones) is 1. The number of aromatic hydroxyl groups is 11. The fourth-order valence-corrected chi connectivity index (χ4v) is 8.15. The van der Waals surface area contributed by atoms with Crippen molar-refractivity contribution in [3.05, 3.63) is 69.8 Å². The molecule has 6 atom stereocenters. The Bertz CT molecular complexity index is 2980. The molecular formula is C42H32O27. The molecule has 2 bridgehead atoms. The van der Waals surface area contributed by atoms with Crippen LogP contribution in [0.3, 0.4) is 0 Å². The maximum absolute atomic E-state index is 14.0.